The smallest absolute Gasteiger partial charge is 0.134 e. The molecule has 3 aromatic rings. The van der Waals surface area contributed by atoms with Crippen LogP contribution in [0.2, 0.25) is 0 Å². The summed E-state index contributed by atoms with van der Waals surface area (Å²) in [5, 5.41) is 0. The fourth-order valence-corrected chi connectivity index (χ4v) is 3.21. The Morgan fingerprint density at radius 1 is 0.816 bits per heavy atom. The van der Waals surface area contributed by atoms with Crippen molar-refractivity contribution in [1.82, 2.24) is 0 Å². The molecule has 0 saturated carbocycles. The van der Waals surface area contributed by atoms with E-state index in [9.17, 15) is 0 Å². The van der Waals surface area contributed by atoms with E-state index in [4.69, 9.17) is 4.42 Å². The molecule has 0 aliphatic carbocycles. The van der Waals surface area contributed by atoms with E-state index < -0.39 is 0 Å². The first-order valence-corrected chi connectivity index (χ1v) is 12.8. The van der Waals surface area contributed by atoms with Crippen molar-refractivity contribution in [3.63, 3.8) is 0 Å². The average molecular weight is 507 g/mol. The largest absolute Gasteiger partial charge is 0.456 e. The lowest BCUT2D eigenvalue weighted by Crippen LogP contribution is -1.83. The summed E-state index contributed by atoms with van der Waals surface area (Å²) in [7, 11) is 0. The molecule has 0 amide bonds. The maximum absolute atomic E-state index is 6.14. The van der Waals surface area contributed by atoms with Crippen molar-refractivity contribution in [2.75, 3.05) is 0 Å². The Morgan fingerprint density at radius 3 is 1.82 bits per heavy atom. The number of nitrogens with zero attached hydrogens (tertiary/aromatic N) is 2. The standard InChI is InChI=1S/C32H32N2O.C2H6.CH4/c1-5-8-10-11-25(4)33-23-26-13-17-28(18-14-26)31-21-22-32(35-31)29-19-15-27(16-20-29)24-34-30(7-3)12-9-6-2;1-2;/h6-24H,2,5H2,1,3-4H3;1-2H3;1H4/b10-8-,12-9-,25-11+,30-7+,33-23?,34-24?;;. The van der Waals surface area contributed by atoms with E-state index in [-0.39, 0.29) is 7.43 Å². The van der Waals surface area contributed by atoms with Crippen LogP contribution in [-0.4, -0.2) is 12.4 Å². The fourth-order valence-electron chi connectivity index (χ4n) is 3.21. The number of aliphatic imine (C=N–C) groups is 2. The number of rotatable bonds is 10. The van der Waals surface area contributed by atoms with Crippen LogP contribution in [0.25, 0.3) is 22.6 Å². The molecular weight excluding hydrogens is 464 g/mol. The highest BCUT2D eigenvalue weighted by Gasteiger charge is 2.07. The number of hydrogen-bond donors (Lipinski definition) is 0. The number of furan rings is 1. The maximum Gasteiger partial charge on any atom is 0.134 e. The zero-order chi connectivity index (χ0) is 26.9. The molecule has 3 rings (SSSR count). The van der Waals surface area contributed by atoms with Crippen LogP contribution in [0, 0.1) is 0 Å². The van der Waals surface area contributed by atoms with E-state index in [2.05, 4.69) is 41.7 Å². The van der Waals surface area contributed by atoms with Crippen LogP contribution < -0.4 is 0 Å². The van der Waals surface area contributed by atoms with E-state index >= 15 is 0 Å². The van der Waals surface area contributed by atoms with Gasteiger partial charge in [-0.2, -0.15) is 0 Å². The number of allylic oxidation sites excluding steroid dienone is 8. The first-order valence-electron chi connectivity index (χ1n) is 12.8. The average Bonchev–Trinajstić information content (AvgIpc) is 3.44. The number of benzene rings is 2. The van der Waals surface area contributed by atoms with Gasteiger partial charge in [0.25, 0.3) is 0 Å². The summed E-state index contributed by atoms with van der Waals surface area (Å²) in [6.07, 6.45) is 18.4. The van der Waals surface area contributed by atoms with Crippen LogP contribution >= 0.6 is 0 Å². The zero-order valence-corrected chi connectivity index (χ0v) is 22.7. The lowest BCUT2D eigenvalue weighted by molar-refractivity contribution is 0.597. The summed E-state index contributed by atoms with van der Waals surface area (Å²) < 4.78 is 6.14. The molecule has 3 nitrogen and oxygen atoms in total. The molecule has 0 fully saturated rings. The van der Waals surface area contributed by atoms with Crippen LogP contribution in [0.15, 0.2) is 136 Å². The molecule has 2 aromatic carbocycles. The summed E-state index contributed by atoms with van der Waals surface area (Å²) in [6, 6.07) is 20.4. The molecule has 0 aliphatic heterocycles. The Bertz CT molecular complexity index is 1280. The van der Waals surface area contributed by atoms with Gasteiger partial charge in [-0.25, -0.2) is 0 Å². The molecule has 0 bridgehead atoms. The summed E-state index contributed by atoms with van der Waals surface area (Å²) >= 11 is 0. The summed E-state index contributed by atoms with van der Waals surface area (Å²) in [5.74, 6) is 1.67. The van der Waals surface area contributed by atoms with Gasteiger partial charge in [-0.1, -0.05) is 114 Å². The van der Waals surface area contributed by atoms with Crippen molar-refractivity contribution in [2.45, 2.75) is 48.5 Å². The minimum Gasteiger partial charge on any atom is -0.456 e. The van der Waals surface area contributed by atoms with Crippen molar-refractivity contribution < 1.29 is 4.42 Å². The summed E-state index contributed by atoms with van der Waals surface area (Å²) in [6.45, 7) is 13.8. The van der Waals surface area contributed by atoms with Crippen LogP contribution in [0.1, 0.15) is 59.6 Å². The monoisotopic (exact) mass is 506 g/mol. The van der Waals surface area contributed by atoms with E-state index in [1.54, 1.807) is 6.08 Å². The minimum absolute atomic E-state index is 0. The highest BCUT2D eigenvalue weighted by atomic mass is 16.3. The van der Waals surface area contributed by atoms with Crippen molar-refractivity contribution in [3.8, 4) is 22.6 Å². The van der Waals surface area contributed by atoms with Gasteiger partial charge in [0.2, 0.25) is 0 Å². The Morgan fingerprint density at radius 2 is 1.34 bits per heavy atom. The van der Waals surface area contributed by atoms with E-state index in [0.717, 1.165) is 51.6 Å². The predicted octanol–water partition coefficient (Wildman–Crippen LogP) is 10.6. The van der Waals surface area contributed by atoms with E-state index in [1.807, 2.05) is 119 Å². The predicted molar refractivity (Wildman–Crippen MR) is 169 cm³/mol. The van der Waals surface area contributed by atoms with E-state index in [0.29, 0.717) is 0 Å². The normalized spacial score (nSPS) is 12.2. The van der Waals surface area contributed by atoms with Crippen molar-refractivity contribution in [1.29, 1.82) is 0 Å². The van der Waals surface area contributed by atoms with Crippen molar-refractivity contribution in [3.05, 3.63) is 132 Å². The fraction of sp³-hybridized carbons (Fsp3) is 0.200. The van der Waals surface area contributed by atoms with Crippen molar-refractivity contribution in [2.24, 2.45) is 9.98 Å². The molecule has 3 heteroatoms. The third-order valence-corrected chi connectivity index (χ3v) is 5.18. The quantitative estimate of drug-likeness (QED) is 0.199. The Hall–Kier alpha value is -4.24. The van der Waals surface area contributed by atoms with Crippen LogP contribution in [-0.2, 0) is 0 Å². The topological polar surface area (TPSA) is 37.9 Å². The Labute approximate surface area is 230 Å². The van der Waals surface area contributed by atoms with Gasteiger partial charge in [-0.15, -0.1) is 0 Å². The lowest BCUT2D eigenvalue weighted by Gasteiger charge is -2.01. The van der Waals surface area contributed by atoms with Gasteiger partial charge in [-0.3, -0.25) is 9.98 Å². The molecule has 1 heterocycles. The van der Waals surface area contributed by atoms with Crippen LogP contribution in [0.4, 0.5) is 0 Å². The Balaban J connectivity index is 0.00000235. The first kappa shape index (κ1) is 31.8. The molecule has 1 aromatic heterocycles. The first-order chi connectivity index (χ1) is 18.1. The zero-order valence-electron chi connectivity index (χ0n) is 22.7. The molecule has 0 atom stereocenters. The third-order valence-electron chi connectivity index (χ3n) is 5.18. The highest BCUT2D eigenvalue weighted by Crippen LogP contribution is 2.28. The second-order valence-corrected chi connectivity index (χ2v) is 7.88. The molecular formula is C35H42N2O. The van der Waals surface area contributed by atoms with Gasteiger partial charge < -0.3 is 4.42 Å². The highest BCUT2D eigenvalue weighted by molar-refractivity contribution is 5.82. The SMILES string of the molecule is C.C=C/C=C\C(=C/C)N=Cc1ccc(-c2ccc(-c3ccc(C=N/C(C)=C/C=C\CC)cc3)o2)cc1.CC. The second kappa shape index (κ2) is 18.1. The molecule has 38 heavy (non-hydrogen) atoms. The van der Waals surface area contributed by atoms with Gasteiger partial charge in [0.1, 0.15) is 11.5 Å². The minimum atomic E-state index is 0. The van der Waals surface area contributed by atoms with Gasteiger partial charge in [0.15, 0.2) is 0 Å². The lowest BCUT2D eigenvalue weighted by atomic mass is 10.1. The van der Waals surface area contributed by atoms with Crippen LogP contribution in [0.5, 0.6) is 0 Å². The van der Waals surface area contributed by atoms with Gasteiger partial charge in [-0.05, 0) is 55.7 Å². The molecule has 0 saturated heterocycles. The van der Waals surface area contributed by atoms with Gasteiger partial charge in [0.05, 0.1) is 5.70 Å². The van der Waals surface area contributed by atoms with Gasteiger partial charge >= 0.3 is 0 Å². The molecule has 198 valence electrons. The molecule has 0 unspecified atom stereocenters. The Kier molecular flexibility index (Phi) is 15.1. The molecule has 0 spiro atoms. The van der Waals surface area contributed by atoms with Gasteiger partial charge in [0, 0.05) is 29.3 Å². The molecule has 0 radical (unpaired) electrons. The summed E-state index contributed by atoms with van der Waals surface area (Å²) in [5.41, 5.74) is 5.98. The van der Waals surface area contributed by atoms with Crippen molar-refractivity contribution >= 4 is 12.4 Å². The molecule has 0 N–H and O–H groups in total. The summed E-state index contributed by atoms with van der Waals surface area (Å²) in [4.78, 5) is 9.01. The second-order valence-electron chi connectivity index (χ2n) is 7.88. The number of hydrogen-bond acceptors (Lipinski definition) is 3. The third kappa shape index (κ3) is 10.4. The van der Waals surface area contributed by atoms with E-state index in [1.165, 1.54) is 0 Å². The maximum atomic E-state index is 6.14. The molecule has 0 aliphatic rings. The van der Waals surface area contributed by atoms with Crippen LogP contribution in [0.3, 0.4) is 0 Å².